The Morgan fingerprint density at radius 2 is 2.31 bits per heavy atom. The van der Waals surface area contributed by atoms with Crippen LogP contribution in [0.2, 0.25) is 0 Å². The maximum atomic E-state index is 8.53. The number of hydrogen-bond acceptors (Lipinski definition) is 4. The van der Waals surface area contributed by atoms with Gasteiger partial charge in [-0.25, -0.2) is 0 Å². The molecule has 0 amide bonds. The van der Waals surface area contributed by atoms with E-state index in [4.69, 9.17) is 13.9 Å². The van der Waals surface area contributed by atoms with E-state index in [1.54, 1.807) is 0 Å². The molecule has 0 spiro atoms. The van der Waals surface area contributed by atoms with E-state index >= 15 is 0 Å². The van der Waals surface area contributed by atoms with Crippen molar-refractivity contribution in [2.24, 2.45) is 5.11 Å². The van der Waals surface area contributed by atoms with Crippen LogP contribution < -0.4 is 0 Å². The molecule has 0 unspecified atom stereocenters. The van der Waals surface area contributed by atoms with E-state index in [0.717, 1.165) is 17.9 Å². The molecule has 1 aromatic rings. The molecule has 0 aliphatic carbocycles. The van der Waals surface area contributed by atoms with E-state index in [0.29, 0.717) is 13.0 Å². The Kier molecular flexibility index (Phi) is 4.07. The standard InChI is InChI=1S/C10H11N3O2S/c11-13-12-9(10-7-14-16-15-10)6-8-4-2-1-3-5-8/h1-5,9-10H,6-7H2/t9-,10+/m0/s1. The number of benzene rings is 1. The highest BCUT2D eigenvalue weighted by Crippen LogP contribution is 2.24. The lowest BCUT2D eigenvalue weighted by Crippen LogP contribution is -2.27. The van der Waals surface area contributed by atoms with Gasteiger partial charge < -0.3 is 0 Å². The van der Waals surface area contributed by atoms with Crippen molar-refractivity contribution in [1.29, 1.82) is 0 Å². The average Bonchev–Trinajstić information content (AvgIpc) is 2.83. The first-order chi connectivity index (χ1) is 7.90. The Balaban J connectivity index is 2.05. The van der Waals surface area contributed by atoms with Crippen LogP contribution in [0.5, 0.6) is 0 Å². The highest BCUT2D eigenvalue weighted by molar-refractivity contribution is 7.90. The molecule has 0 saturated carbocycles. The van der Waals surface area contributed by atoms with Crippen LogP contribution in [0.3, 0.4) is 0 Å². The molecule has 16 heavy (non-hydrogen) atoms. The molecule has 1 aromatic carbocycles. The first kappa shape index (κ1) is 11.3. The Morgan fingerprint density at radius 3 is 2.94 bits per heavy atom. The van der Waals surface area contributed by atoms with Crippen LogP contribution in [0.15, 0.2) is 35.4 Å². The number of azide groups is 1. The van der Waals surface area contributed by atoms with Crippen LogP contribution in [0, 0.1) is 0 Å². The van der Waals surface area contributed by atoms with E-state index in [1.165, 1.54) is 0 Å². The average molecular weight is 237 g/mol. The van der Waals surface area contributed by atoms with Gasteiger partial charge in [-0.3, -0.25) is 8.37 Å². The minimum absolute atomic E-state index is 0.166. The predicted molar refractivity (Wildman–Crippen MR) is 61.5 cm³/mol. The Bertz CT molecular complexity index is 375. The van der Waals surface area contributed by atoms with Crippen LogP contribution in [-0.4, -0.2) is 18.8 Å². The lowest BCUT2D eigenvalue weighted by molar-refractivity contribution is 0.205. The maximum Gasteiger partial charge on any atom is 0.159 e. The third-order valence-corrected chi connectivity index (χ3v) is 2.92. The minimum Gasteiger partial charge on any atom is -0.289 e. The number of nitrogens with zero attached hydrogens (tertiary/aromatic N) is 3. The van der Waals surface area contributed by atoms with Gasteiger partial charge in [0.1, 0.15) is 6.10 Å². The van der Waals surface area contributed by atoms with Crippen molar-refractivity contribution >= 4 is 12.3 Å². The molecule has 1 aliphatic heterocycles. The third kappa shape index (κ3) is 2.90. The SMILES string of the molecule is [N-]=[N+]=N[C@@H](Cc1ccccc1)[C@H]1COSO1. The van der Waals surface area contributed by atoms with Crippen LogP contribution >= 0.6 is 12.3 Å². The van der Waals surface area contributed by atoms with Crippen molar-refractivity contribution < 1.29 is 8.37 Å². The third-order valence-electron chi connectivity index (χ3n) is 2.36. The van der Waals surface area contributed by atoms with E-state index < -0.39 is 0 Å². The molecule has 1 fully saturated rings. The summed E-state index contributed by atoms with van der Waals surface area (Å²) in [6.07, 6.45) is 0.501. The molecule has 84 valence electrons. The Hall–Kier alpha value is -1.20. The lowest BCUT2D eigenvalue weighted by atomic mass is 10.0. The summed E-state index contributed by atoms with van der Waals surface area (Å²) in [7, 11) is 0. The monoisotopic (exact) mass is 237 g/mol. The fourth-order valence-corrected chi connectivity index (χ4v) is 2.07. The molecular weight excluding hydrogens is 226 g/mol. The van der Waals surface area contributed by atoms with Gasteiger partial charge in [-0.15, -0.1) is 0 Å². The normalized spacial score (nSPS) is 21.4. The van der Waals surface area contributed by atoms with Gasteiger partial charge in [0.05, 0.1) is 12.6 Å². The van der Waals surface area contributed by atoms with E-state index in [-0.39, 0.29) is 12.1 Å². The molecule has 0 N–H and O–H groups in total. The Morgan fingerprint density at radius 1 is 1.50 bits per heavy atom. The van der Waals surface area contributed by atoms with Crippen LogP contribution in [0.1, 0.15) is 5.56 Å². The van der Waals surface area contributed by atoms with E-state index in [1.807, 2.05) is 30.3 Å². The van der Waals surface area contributed by atoms with Crippen molar-refractivity contribution in [2.45, 2.75) is 18.6 Å². The lowest BCUT2D eigenvalue weighted by Gasteiger charge is -2.15. The summed E-state index contributed by atoms with van der Waals surface area (Å²) in [5.41, 5.74) is 9.66. The fraction of sp³-hybridized carbons (Fsp3) is 0.400. The largest absolute Gasteiger partial charge is 0.289 e. The van der Waals surface area contributed by atoms with Crippen LogP contribution in [-0.2, 0) is 14.8 Å². The highest BCUT2D eigenvalue weighted by Gasteiger charge is 2.27. The molecule has 0 aromatic heterocycles. The summed E-state index contributed by atoms with van der Waals surface area (Å²) < 4.78 is 10.3. The first-order valence-electron chi connectivity index (χ1n) is 4.93. The van der Waals surface area contributed by atoms with Gasteiger partial charge in [-0.05, 0) is 17.5 Å². The fourth-order valence-electron chi connectivity index (χ4n) is 1.54. The van der Waals surface area contributed by atoms with Gasteiger partial charge in [-0.2, -0.15) is 0 Å². The second kappa shape index (κ2) is 5.77. The molecule has 1 aliphatic rings. The molecule has 0 bridgehead atoms. The summed E-state index contributed by atoms with van der Waals surface area (Å²) in [4.78, 5) is 2.86. The summed E-state index contributed by atoms with van der Waals surface area (Å²) in [6, 6.07) is 9.66. The second-order valence-electron chi connectivity index (χ2n) is 3.45. The quantitative estimate of drug-likeness (QED) is 0.350. The predicted octanol–water partition coefficient (Wildman–Crippen LogP) is 2.89. The van der Waals surface area contributed by atoms with Crippen LogP contribution in [0.25, 0.3) is 10.4 Å². The van der Waals surface area contributed by atoms with Gasteiger partial charge >= 0.3 is 0 Å². The van der Waals surface area contributed by atoms with Crippen molar-refractivity contribution in [3.05, 3.63) is 46.3 Å². The number of hydrogen-bond donors (Lipinski definition) is 0. The smallest absolute Gasteiger partial charge is 0.159 e. The van der Waals surface area contributed by atoms with Gasteiger partial charge in [0, 0.05) is 4.91 Å². The zero-order chi connectivity index (χ0) is 11.2. The topological polar surface area (TPSA) is 67.2 Å². The molecule has 5 nitrogen and oxygen atoms in total. The highest BCUT2D eigenvalue weighted by atomic mass is 32.2. The first-order valence-corrected chi connectivity index (χ1v) is 5.60. The van der Waals surface area contributed by atoms with Crippen molar-refractivity contribution in [3.63, 3.8) is 0 Å². The van der Waals surface area contributed by atoms with E-state index in [9.17, 15) is 0 Å². The summed E-state index contributed by atoms with van der Waals surface area (Å²) in [6.45, 7) is 0.460. The zero-order valence-corrected chi connectivity index (χ0v) is 9.34. The molecule has 2 atom stereocenters. The maximum absolute atomic E-state index is 8.53. The van der Waals surface area contributed by atoms with Gasteiger partial charge in [0.25, 0.3) is 0 Å². The molecule has 1 saturated heterocycles. The summed E-state index contributed by atoms with van der Waals surface area (Å²) >= 11 is 0.964. The molecule has 0 radical (unpaired) electrons. The van der Waals surface area contributed by atoms with E-state index in [2.05, 4.69) is 10.0 Å². The van der Waals surface area contributed by atoms with Crippen molar-refractivity contribution in [2.75, 3.05) is 6.61 Å². The molecule has 2 rings (SSSR count). The summed E-state index contributed by atoms with van der Waals surface area (Å²) in [5, 5.41) is 3.76. The van der Waals surface area contributed by atoms with Crippen molar-refractivity contribution in [1.82, 2.24) is 0 Å². The minimum atomic E-state index is -0.220. The van der Waals surface area contributed by atoms with Gasteiger partial charge in [-0.1, -0.05) is 35.4 Å². The number of rotatable bonds is 4. The molecule has 1 heterocycles. The second-order valence-corrected chi connectivity index (χ2v) is 4.01. The molecular formula is C10H11N3O2S. The zero-order valence-electron chi connectivity index (χ0n) is 8.52. The van der Waals surface area contributed by atoms with Gasteiger partial charge in [0.2, 0.25) is 0 Å². The van der Waals surface area contributed by atoms with Gasteiger partial charge in [0.15, 0.2) is 12.3 Å². The Labute approximate surface area is 97.8 Å². The molecule has 6 heteroatoms. The van der Waals surface area contributed by atoms with Crippen molar-refractivity contribution in [3.8, 4) is 0 Å². The van der Waals surface area contributed by atoms with Crippen LogP contribution in [0.4, 0.5) is 0 Å². The summed E-state index contributed by atoms with van der Waals surface area (Å²) in [5.74, 6) is 0.